The topological polar surface area (TPSA) is 26.4 Å². The monoisotopic (exact) mass is 162 g/mol. The van der Waals surface area contributed by atoms with Gasteiger partial charge in [0, 0.05) is 25.5 Å². The molecule has 0 unspecified atom stereocenters. The standard InChI is InChI=1S/C9H10N2O/c1-7-5-8-10(2)9(12)3-4-11(8)6-7/h3-6H,1-2H3. The molecule has 2 rings (SSSR count). The minimum absolute atomic E-state index is 0.0283. The van der Waals surface area contributed by atoms with Crippen LogP contribution in [0.3, 0.4) is 0 Å². The largest absolute Gasteiger partial charge is 0.310 e. The number of rotatable bonds is 0. The van der Waals surface area contributed by atoms with E-state index in [0.717, 1.165) is 11.2 Å². The first-order valence-corrected chi connectivity index (χ1v) is 3.83. The van der Waals surface area contributed by atoms with Gasteiger partial charge in [-0.05, 0) is 18.6 Å². The van der Waals surface area contributed by atoms with E-state index < -0.39 is 0 Å². The highest BCUT2D eigenvalue weighted by atomic mass is 16.1. The van der Waals surface area contributed by atoms with Crippen molar-refractivity contribution in [1.29, 1.82) is 0 Å². The average Bonchev–Trinajstić information content (AvgIpc) is 2.39. The first-order valence-electron chi connectivity index (χ1n) is 3.83. The summed E-state index contributed by atoms with van der Waals surface area (Å²) in [6, 6.07) is 3.55. The zero-order chi connectivity index (χ0) is 8.72. The van der Waals surface area contributed by atoms with Crippen LogP contribution in [0.1, 0.15) is 5.56 Å². The first kappa shape index (κ1) is 7.16. The van der Waals surface area contributed by atoms with Crippen molar-refractivity contribution in [1.82, 2.24) is 8.97 Å². The maximum atomic E-state index is 11.2. The van der Waals surface area contributed by atoms with Crippen molar-refractivity contribution in [2.24, 2.45) is 7.05 Å². The molecule has 2 aromatic rings. The van der Waals surface area contributed by atoms with Gasteiger partial charge < -0.3 is 4.40 Å². The lowest BCUT2D eigenvalue weighted by atomic mass is 10.4. The number of aryl methyl sites for hydroxylation is 2. The van der Waals surface area contributed by atoms with Crippen LogP contribution in [0.15, 0.2) is 29.3 Å². The van der Waals surface area contributed by atoms with Crippen LogP contribution in [0.25, 0.3) is 5.65 Å². The predicted octanol–water partition coefficient (Wildman–Crippen LogP) is 0.946. The van der Waals surface area contributed by atoms with Crippen molar-refractivity contribution in [3.8, 4) is 0 Å². The maximum absolute atomic E-state index is 11.2. The van der Waals surface area contributed by atoms with E-state index in [1.807, 2.05) is 23.6 Å². The summed E-state index contributed by atoms with van der Waals surface area (Å²) in [5.74, 6) is 0. The summed E-state index contributed by atoms with van der Waals surface area (Å²) < 4.78 is 3.57. The van der Waals surface area contributed by atoms with Gasteiger partial charge in [-0.15, -0.1) is 0 Å². The molecule has 0 aliphatic rings. The Bertz CT molecular complexity index is 479. The van der Waals surface area contributed by atoms with Crippen molar-refractivity contribution in [3.63, 3.8) is 0 Å². The molecule has 0 N–H and O–H groups in total. The van der Waals surface area contributed by atoms with Crippen LogP contribution in [0.4, 0.5) is 0 Å². The van der Waals surface area contributed by atoms with Gasteiger partial charge in [0.05, 0.1) is 0 Å². The Morgan fingerprint density at radius 2 is 2.17 bits per heavy atom. The molecule has 2 aromatic heterocycles. The fourth-order valence-corrected chi connectivity index (χ4v) is 1.36. The quantitative estimate of drug-likeness (QED) is 0.566. The molecule has 0 atom stereocenters. The third-order valence-corrected chi connectivity index (χ3v) is 2.02. The lowest BCUT2D eigenvalue weighted by Crippen LogP contribution is -2.16. The Kier molecular flexibility index (Phi) is 1.33. The second kappa shape index (κ2) is 2.24. The van der Waals surface area contributed by atoms with E-state index in [1.54, 1.807) is 23.9 Å². The van der Waals surface area contributed by atoms with Gasteiger partial charge in [0.1, 0.15) is 5.65 Å². The lowest BCUT2D eigenvalue weighted by molar-refractivity contribution is 0.859. The Labute approximate surface area is 69.9 Å². The van der Waals surface area contributed by atoms with Gasteiger partial charge in [-0.1, -0.05) is 0 Å². The Hall–Kier alpha value is -1.51. The highest BCUT2D eigenvalue weighted by molar-refractivity contribution is 5.43. The van der Waals surface area contributed by atoms with Crippen molar-refractivity contribution in [2.45, 2.75) is 6.92 Å². The number of hydrogen-bond acceptors (Lipinski definition) is 1. The van der Waals surface area contributed by atoms with Gasteiger partial charge in [0.2, 0.25) is 0 Å². The van der Waals surface area contributed by atoms with Crippen molar-refractivity contribution >= 4 is 5.65 Å². The molecule has 3 nitrogen and oxygen atoms in total. The molecule has 0 aromatic carbocycles. The minimum atomic E-state index is 0.0283. The van der Waals surface area contributed by atoms with E-state index in [2.05, 4.69) is 0 Å². The molecule has 0 aliphatic heterocycles. The fourth-order valence-electron chi connectivity index (χ4n) is 1.36. The molecule has 12 heavy (non-hydrogen) atoms. The molecule has 0 bridgehead atoms. The second-order valence-corrected chi connectivity index (χ2v) is 3.00. The summed E-state index contributed by atoms with van der Waals surface area (Å²) in [5, 5.41) is 0. The molecule has 0 saturated heterocycles. The maximum Gasteiger partial charge on any atom is 0.253 e. The van der Waals surface area contributed by atoms with E-state index in [-0.39, 0.29) is 5.56 Å². The Balaban J connectivity index is 2.99. The zero-order valence-electron chi connectivity index (χ0n) is 7.11. The third-order valence-electron chi connectivity index (χ3n) is 2.02. The highest BCUT2D eigenvalue weighted by Gasteiger charge is 1.98. The molecule has 0 fully saturated rings. The molecule has 0 saturated carbocycles. The van der Waals surface area contributed by atoms with E-state index in [9.17, 15) is 4.79 Å². The summed E-state index contributed by atoms with van der Waals surface area (Å²) in [6.07, 6.45) is 3.78. The summed E-state index contributed by atoms with van der Waals surface area (Å²) in [6.45, 7) is 2.01. The normalized spacial score (nSPS) is 10.8. The number of fused-ring (bicyclic) bond motifs is 1. The van der Waals surface area contributed by atoms with Crippen molar-refractivity contribution in [2.75, 3.05) is 0 Å². The van der Waals surface area contributed by atoms with Gasteiger partial charge in [-0.2, -0.15) is 0 Å². The van der Waals surface area contributed by atoms with E-state index >= 15 is 0 Å². The minimum Gasteiger partial charge on any atom is -0.310 e. The summed E-state index contributed by atoms with van der Waals surface area (Å²) >= 11 is 0. The van der Waals surface area contributed by atoms with Crippen molar-refractivity contribution < 1.29 is 0 Å². The molecule has 0 spiro atoms. The van der Waals surface area contributed by atoms with E-state index in [0.29, 0.717) is 0 Å². The van der Waals surface area contributed by atoms with Crippen LogP contribution in [0, 0.1) is 6.92 Å². The average molecular weight is 162 g/mol. The van der Waals surface area contributed by atoms with Crippen LogP contribution in [-0.4, -0.2) is 8.97 Å². The van der Waals surface area contributed by atoms with Gasteiger partial charge in [0.15, 0.2) is 0 Å². The summed E-state index contributed by atoms with van der Waals surface area (Å²) in [7, 11) is 1.77. The van der Waals surface area contributed by atoms with Crippen LogP contribution >= 0.6 is 0 Å². The highest BCUT2D eigenvalue weighted by Crippen LogP contribution is 2.05. The number of nitrogens with zero attached hydrogens (tertiary/aromatic N) is 2. The molecule has 0 aliphatic carbocycles. The SMILES string of the molecule is Cc1cc2n(C)c(=O)ccn2c1. The molecule has 0 amide bonds. The second-order valence-electron chi connectivity index (χ2n) is 3.00. The molecular weight excluding hydrogens is 152 g/mol. The third kappa shape index (κ3) is 0.863. The smallest absolute Gasteiger partial charge is 0.253 e. The molecule has 3 heteroatoms. The van der Waals surface area contributed by atoms with E-state index in [1.165, 1.54) is 0 Å². The van der Waals surface area contributed by atoms with Crippen LogP contribution < -0.4 is 5.56 Å². The van der Waals surface area contributed by atoms with Crippen molar-refractivity contribution in [3.05, 3.63) is 40.4 Å². The van der Waals surface area contributed by atoms with Gasteiger partial charge in [-0.25, -0.2) is 0 Å². The molecule has 0 radical (unpaired) electrons. The van der Waals surface area contributed by atoms with Gasteiger partial charge in [-0.3, -0.25) is 9.36 Å². The molecule has 62 valence electrons. The summed E-state index contributed by atoms with van der Waals surface area (Å²) in [5.41, 5.74) is 2.12. The Morgan fingerprint density at radius 3 is 2.92 bits per heavy atom. The lowest BCUT2D eigenvalue weighted by Gasteiger charge is -1.99. The molecule has 2 heterocycles. The Morgan fingerprint density at radius 1 is 1.42 bits per heavy atom. The number of hydrogen-bond donors (Lipinski definition) is 0. The summed E-state index contributed by atoms with van der Waals surface area (Å²) in [4.78, 5) is 11.2. The van der Waals surface area contributed by atoms with Crippen LogP contribution in [0.5, 0.6) is 0 Å². The zero-order valence-corrected chi connectivity index (χ0v) is 7.11. The van der Waals surface area contributed by atoms with Gasteiger partial charge in [0.25, 0.3) is 5.56 Å². The van der Waals surface area contributed by atoms with Gasteiger partial charge >= 0.3 is 0 Å². The van der Waals surface area contributed by atoms with Crippen LogP contribution in [-0.2, 0) is 7.05 Å². The van der Waals surface area contributed by atoms with E-state index in [4.69, 9.17) is 0 Å². The molecular formula is C9H10N2O. The van der Waals surface area contributed by atoms with Crippen LogP contribution in [0.2, 0.25) is 0 Å². The number of aromatic nitrogens is 2. The first-order chi connectivity index (χ1) is 5.68. The predicted molar refractivity (Wildman–Crippen MR) is 47.4 cm³/mol. The fraction of sp³-hybridized carbons (Fsp3) is 0.222.